The van der Waals surface area contributed by atoms with E-state index < -0.39 is 17.6 Å². The Morgan fingerprint density at radius 2 is 1.58 bits per heavy atom. The summed E-state index contributed by atoms with van der Waals surface area (Å²) in [4.78, 5) is 4.47. The van der Waals surface area contributed by atoms with E-state index in [1.807, 2.05) is 35.7 Å². The Labute approximate surface area is 179 Å². The van der Waals surface area contributed by atoms with Crippen LogP contribution in [0.1, 0.15) is 11.1 Å². The molecule has 3 nitrogen and oxygen atoms in total. The summed E-state index contributed by atoms with van der Waals surface area (Å²) in [5.74, 6) is -1.29. The number of hydrogen-bond acceptors (Lipinski definition) is 4. The number of thiazole rings is 1. The van der Waals surface area contributed by atoms with Crippen molar-refractivity contribution in [2.75, 3.05) is 5.43 Å². The Morgan fingerprint density at radius 3 is 2.29 bits per heavy atom. The average molecular weight is 441 g/mol. The van der Waals surface area contributed by atoms with E-state index in [1.165, 1.54) is 17.4 Å². The molecule has 1 aromatic heterocycles. The van der Waals surface area contributed by atoms with Crippen molar-refractivity contribution in [1.82, 2.24) is 4.98 Å². The molecule has 0 amide bonds. The molecule has 1 N–H and O–H groups in total. The van der Waals surface area contributed by atoms with Crippen LogP contribution in [0.3, 0.4) is 0 Å². The van der Waals surface area contributed by atoms with Crippen LogP contribution in [0.25, 0.3) is 22.4 Å². The number of aromatic nitrogens is 1. The standard InChI is InChI=1S/C23H15F4N3S/c24-20-11-10-18(12-19(20)23(25,26)27)16-8-6-15(7-9-16)13-28-30-22-29-21(14-31-22)17-4-2-1-3-5-17/h1-14H,(H,29,30). The Kier molecular flexibility index (Phi) is 5.81. The number of benzene rings is 3. The molecule has 156 valence electrons. The summed E-state index contributed by atoms with van der Waals surface area (Å²) in [6.45, 7) is 0. The fourth-order valence-electron chi connectivity index (χ4n) is 2.91. The highest BCUT2D eigenvalue weighted by Crippen LogP contribution is 2.34. The highest BCUT2D eigenvalue weighted by molar-refractivity contribution is 7.14. The molecule has 0 aliphatic heterocycles. The van der Waals surface area contributed by atoms with Gasteiger partial charge in [-0.15, -0.1) is 11.3 Å². The Bertz CT molecular complexity index is 1200. The highest BCUT2D eigenvalue weighted by atomic mass is 32.1. The lowest BCUT2D eigenvalue weighted by molar-refractivity contribution is -0.139. The molecule has 0 unspecified atom stereocenters. The zero-order valence-electron chi connectivity index (χ0n) is 15.9. The van der Waals surface area contributed by atoms with Gasteiger partial charge in [-0.3, -0.25) is 5.43 Å². The van der Waals surface area contributed by atoms with Crippen molar-refractivity contribution < 1.29 is 17.6 Å². The number of anilines is 1. The van der Waals surface area contributed by atoms with Crippen molar-refractivity contribution >= 4 is 22.7 Å². The minimum absolute atomic E-state index is 0.284. The van der Waals surface area contributed by atoms with Crippen LogP contribution < -0.4 is 5.43 Å². The second kappa shape index (κ2) is 8.69. The molecule has 1 heterocycles. The number of hydrogen-bond donors (Lipinski definition) is 1. The van der Waals surface area contributed by atoms with Gasteiger partial charge in [0.25, 0.3) is 0 Å². The quantitative estimate of drug-likeness (QED) is 0.204. The molecule has 0 aliphatic rings. The summed E-state index contributed by atoms with van der Waals surface area (Å²) in [5, 5.41) is 6.72. The van der Waals surface area contributed by atoms with Crippen molar-refractivity contribution in [3.63, 3.8) is 0 Å². The van der Waals surface area contributed by atoms with Crippen molar-refractivity contribution in [1.29, 1.82) is 0 Å². The Hall–Kier alpha value is -3.52. The van der Waals surface area contributed by atoms with Crippen LogP contribution in [-0.4, -0.2) is 11.2 Å². The summed E-state index contributed by atoms with van der Waals surface area (Å²) in [5.41, 5.74) is 5.03. The third kappa shape index (κ3) is 4.97. The van der Waals surface area contributed by atoms with Gasteiger partial charge < -0.3 is 0 Å². The summed E-state index contributed by atoms with van der Waals surface area (Å²) in [6, 6.07) is 19.5. The topological polar surface area (TPSA) is 37.3 Å². The monoisotopic (exact) mass is 441 g/mol. The minimum atomic E-state index is -4.74. The number of hydrazone groups is 1. The van der Waals surface area contributed by atoms with Crippen LogP contribution in [0.2, 0.25) is 0 Å². The van der Waals surface area contributed by atoms with Crippen LogP contribution in [0.4, 0.5) is 22.7 Å². The lowest BCUT2D eigenvalue weighted by Gasteiger charge is -2.10. The first-order valence-corrected chi connectivity index (χ1v) is 10.1. The van der Waals surface area contributed by atoms with Gasteiger partial charge in [0.05, 0.1) is 17.5 Å². The van der Waals surface area contributed by atoms with Gasteiger partial charge in [-0.1, -0.05) is 60.7 Å². The summed E-state index contributed by atoms with van der Waals surface area (Å²) in [7, 11) is 0. The summed E-state index contributed by atoms with van der Waals surface area (Å²) < 4.78 is 52.2. The molecule has 4 aromatic rings. The number of nitrogens with zero attached hydrogens (tertiary/aromatic N) is 2. The maximum Gasteiger partial charge on any atom is 0.419 e. The molecular formula is C23H15F4N3S. The molecule has 0 radical (unpaired) electrons. The summed E-state index contributed by atoms with van der Waals surface area (Å²) >= 11 is 1.43. The van der Waals surface area contributed by atoms with Gasteiger partial charge >= 0.3 is 6.18 Å². The van der Waals surface area contributed by atoms with E-state index >= 15 is 0 Å². The largest absolute Gasteiger partial charge is 0.419 e. The van der Waals surface area contributed by atoms with Gasteiger partial charge in [0.2, 0.25) is 5.13 Å². The van der Waals surface area contributed by atoms with Gasteiger partial charge in [-0.25, -0.2) is 9.37 Å². The van der Waals surface area contributed by atoms with E-state index in [-0.39, 0.29) is 5.56 Å². The third-order valence-corrected chi connectivity index (χ3v) is 5.21. The molecule has 0 bridgehead atoms. The molecule has 0 saturated heterocycles. The molecule has 0 spiro atoms. The average Bonchev–Trinajstić information content (AvgIpc) is 3.23. The van der Waals surface area contributed by atoms with Gasteiger partial charge in [0, 0.05) is 10.9 Å². The van der Waals surface area contributed by atoms with E-state index in [1.54, 1.807) is 30.5 Å². The number of halogens is 4. The number of nitrogens with one attached hydrogen (secondary N) is 1. The number of alkyl halides is 3. The first kappa shape index (κ1) is 20.7. The number of rotatable bonds is 5. The van der Waals surface area contributed by atoms with E-state index in [2.05, 4.69) is 15.5 Å². The maximum absolute atomic E-state index is 13.5. The van der Waals surface area contributed by atoms with Crippen molar-refractivity contribution in [3.05, 3.63) is 95.1 Å². The fraction of sp³-hybridized carbons (Fsp3) is 0.0435. The Balaban J connectivity index is 1.44. The SMILES string of the molecule is Fc1ccc(-c2ccc(C=NNc3nc(-c4ccccc4)cs3)cc2)cc1C(F)(F)F. The van der Waals surface area contributed by atoms with Gasteiger partial charge in [-0.2, -0.15) is 18.3 Å². The molecule has 0 aliphatic carbocycles. The van der Waals surface area contributed by atoms with Gasteiger partial charge in [0.1, 0.15) is 5.82 Å². The first-order chi connectivity index (χ1) is 14.9. The van der Waals surface area contributed by atoms with E-state index in [4.69, 9.17) is 0 Å². The van der Waals surface area contributed by atoms with E-state index in [9.17, 15) is 17.6 Å². The molecule has 0 saturated carbocycles. The molecule has 0 atom stereocenters. The van der Waals surface area contributed by atoms with Crippen molar-refractivity contribution in [2.24, 2.45) is 5.10 Å². The Morgan fingerprint density at radius 1 is 0.871 bits per heavy atom. The third-order valence-electron chi connectivity index (χ3n) is 4.46. The zero-order valence-corrected chi connectivity index (χ0v) is 16.7. The van der Waals surface area contributed by atoms with E-state index in [0.717, 1.165) is 29.0 Å². The predicted molar refractivity (Wildman–Crippen MR) is 116 cm³/mol. The fourth-order valence-corrected chi connectivity index (χ4v) is 3.58. The summed E-state index contributed by atoms with van der Waals surface area (Å²) in [6.07, 6.45) is -3.16. The van der Waals surface area contributed by atoms with Crippen LogP contribution in [0, 0.1) is 5.82 Å². The predicted octanol–water partition coefficient (Wildman–Crippen LogP) is 7.08. The molecule has 4 rings (SSSR count). The minimum Gasteiger partial charge on any atom is -0.253 e. The first-order valence-electron chi connectivity index (χ1n) is 9.17. The molecule has 0 fully saturated rings. The smallest absolute Gasteiger partial charge is 0.253 e. The van der Waals surface area contributed by atoms with Crippen molar-refractivity contribution in [2.45, 2.75) is 6.18 Å². The van der Waals surface area contributed by atoms with Crippen LogP contribution in [-0.2, 0) is 6.18 Å². The van der Waals surface area contributed by atoms with Crippen LogP contribution >= 0.6 is 11.3 Å². The molecular weight excluding hydrogens is 426 g/mol. The van der Waals surface area contributed by atoms with E-state index in [0.29, 0.717) is 10.7 Å². The van der Waals surface area contributed by atoms with Crippen LogP contribution in [0.5, 0.6) is 0 Å². The van der Waals surface area contributed by atoms with Crippen LogP contribution in [0.15, 0.2) is 83.3 Å². The molecule has 8 heteroatoms. The lowest BCUT2D eigenvalue weighted by atomic mass is 10.0. The molecule has 31 heavy (non-hydrogen) atoms. The van der Waals surface area contributed by atoms with Crippen molar-refractivity contribution in [3.8, 4) is 22.4 Å². The highest BCUT2D eigenvalue weighted by Gasteiger charge is 2.34. The zero-order chi connectivity index (χ0) is 21.8. The van der Waals surface area contributed by atoms with Gasteiger partial charge in [-0.05, 0) is 28.8 Å². The lowest BCUT2D eigenvalue weighted by Crippen LogP contribution is -2.08. The second-order valence-corrected chi connectivity index (χ2v) is 7.45. The second-order valence-electron chi connectivity index (χ2n) is 6.59. The molecule has 3 aromatic carbocycles. The maximum atomic E-state index is 13.5. The normalized spacial score (nSPS) is 11.7. The van der Waals surface area contributed by atoms with Gasteiger partial charge in [0.15, 0.2) is 0 Å².